The predicted molar refractivity (Wildman–Crippen MR) is 59.9 cm³/mol. The highest BCUT2D eigenvalue weighted by atomic mass is 16.2. The Kier molecular flexibility index (Phi) is 3.43. The van der Waals surface area contributed by atoms with E-state index in [9.17, 15) is 9.59 Å². The average molecular weight is 225 g/mol. The quantitative estimate of drug-likeness (QED) is 0.650. The first-order valence-electron chi connectivity index (χ1n) is 5.94. The van der Waals surface area contributed by atoms with Gasteiger partial charge in [-0.3, -0.25) is 9.59 Å². The third-order valence-corrected chi connectivity index (χ3v) is 3.34. The number of carbonyl (C=O) groups is 2. The molecule has 1 N–H and O–H groups in total. The fraction of sp³-hybridized carbons (Fsp3) is 0.818. The zero-order valence-electron chi connectivity index (χ0n) is 9.74. The molecule has 0 aromatic rings. The fourth-order valence-corrected chi connectivity index (χ4v) is 2.29. The first-order chi connectivity index (χ1) is 7.68. The third kappa shape index (κ3) is 2.35. The lowest BCUT2D eigenvalue weighted by atomic mass is 10.2. The van der Waals surface area contributed by atoms with Gasteiger partial charge in [0.2, 0.25) is 11.8 Å². The minimum Gasteiger partial charge on any atom is -0.344 e. The zero-order valence-corrected chi connectivity index (χ0v) is 9.74. The Bertz CT molecular complexity index is 287. The summed E-state index contributed by atoms with van der Waals surface area (Å²) in [5, 5.41) is 3.18. The molecule has 2 fully saturated rings. The van der Waals surface area contributed by atoms with Gasteiger partial charge >= 0.3 is 0 Å². The minimum absolute atomic E-state index is 0.0452. The van der Waals surface area contributed by atoms with Crippen LogP contribution in [0, 0.1) is 0 Å². The lowest BCUT2D eigenvalue weighted by Crippen LogP contribution is -2.46. The Balaban J connectivity index is 1.97. The second-order valence-electron chi connectivity index (χ2n) is 4.58. The van der Waals surface area contributed by atoms with Crippen molar-refractivity contribution in [2.75, 3.05) is 33.2 Å². The summed E-state index contributed by atoms with van der Waals surface area (Å²) in [6, 6.07) is -0.0591. The number of rotatable bonds is 1. The molecule has 5 heteroatoms. The molecule has 0 unspecified atom stereocenters. The fourth-order valence-electron chi connectivity index (χ4n) is 2.29. The predicted octanol–water partition coefficient (Wildman–Crippen LogP) is -0.571. The monoisotopic (exact) mass is 225 g/mol. The minimum atomic E-state index is -0.0591. The highest BCUT2D eigenvalue weighted by Gasteiger charge is 2.29. The summed E-state index contributed by atoms with van der Waals surface area (Å²) in [5.74, 6) is 0.144. The number of likely N-dealkylation sites (N-methyl/N-ethyl adjacent to an activating group) is 1. The zero-order chi connectivity index (χ0) is 11.5. The van der Waals surface area contributed by atoms with Crippen molar-refractivity contribution >= 4 is 11.8 Å². The molecule has 2 amide bonds. The van der Waals surface area contributed by atoms with Crippen LogP contribution in [-0.2, 0) is 9.59 Å². The van der Waals surface area contributed by atoms with E-state index in [0.29, 0.717) is 6.54 Å². The highest BCUT2D eigenvalue weighted by molar-refractivity contribution is 5.88. The molecule has 0 bridgehead atoms. The van der Waals surface area contributed by atoms with Gasteiger partial charge in [0.25, 0.3) is 0 Å². The molecule has 90 valence electrons. The molecule has 5 nitrogen and oxygen atoms in total. The van der Waals surface area contributed by atoms with Crippen LogP contribution in [0.15, 0.2) is 0 Å². The summed E-state index contributed by atoms with van der Waals surface area (Å²) < 4.78 is 0. The lowest BCUT2D eigenvalue weighted by Gasteiger charge is -2.23. The van der Waals surface area contributed by atoms with Gasteiger partial charge in [0, 0.05) is 20.1 Å². The van der Waals surface area contributed by atoms with Crippen LogP contribution in [-0.4, -0.2) is 60.9 Å². The van der Waals surface area contributed by atoms with Gasteiger partial charge < -0.3 is 15.1 Å². The molecule has 2 aliphatic rings. The third-order valence-electron chi connectivity index (χ3n) is 3.34. The van der Waals surface area contributed by atoms with E-state index < -0.39 is 0 Å². The molecule has 0 aliphatic carbocycles. The molecular weight excluding hydrogens is 206 g/mol. The van der Waals surface area contributed by atoms with Crippen LogP contribution in [0.5, 0.6) is 0 Å². The number of nitrogens with zero attached hydrogens (tertiary/aromatic N) is 2. The Hall–Kier alpha value is -1.10. The van der Waals surface area contributed by atoms with Crippen molar-refractivity contribution in [3.8, 4) is 0 Å². The smallest absolute Gasteiger partial charge is 0.241 e. The molecule has 0 saturated carbocycles. The number of amides is 2. The Morgan fingerprint density at radius 1 is 1.38 bits per heavy atom. The normalized spacial score (nSPS) is 27.1. The summed E-state index contributed by atoms with van der Waals surface area (Å²) in [5.41, 5.74) is 0. The van der Waals surface area contributed by atoms with Gasteiger partial charge in [-0.15, -0.1) is 0 Å². The van der Waals surface area contributed by atoms with Gasteiger partial charge in [-0.05, 0) is 25.8 Å². The van der Waals surface area contributed by atoms with E-state index in [1.807, 2.05) is 0 Å². The van der Waals surface area contributed by atoms with Crippen LogP contribution in [0.1, 0.15) is 19.3 Å². The second-order valence-corrected chi connectivity index (χ2v) is 4.58. The van der Waals surface area contributed by atoms with E-state index in [2.05, 4.69) is 5.32 Å². The van der Waals surface area contributed by atoms with Crippen molar-refractivity contribution in [1.82, 2.24) is 15.1 Å². The van der Waals surface area contributed by atoms with Crippen LogP contribution >= 0.6 is 0 Å². The van der Waals surface area contributed by atoms with Crippen molar-refractivity contribution in [3.05, 3.63) is 0 Å². The van der Waals surface area contributed by atoms with E-state index in [1.54, 1.807) is 16.8 Å². The summed E-state index contributed by atoms with van der Waals surface area (Å²) in [7, 11) is 1.80. The largest absolute Gasteiger partial charge is 0.344 e. The summed E-state index contributed by atoms with van der Waals surface area (Å²) in [4.78, 5) is 27.2. The molecule has 2 saturated heterocycles. The maximum Gasteiger partial charge on any atom is 0.241 e. The van der Waals surface area contributed by atoms with Gasteiger partial charge in [0.1, 0.15) is 0 Å². The molecule has 1 atom stereocenters. The van der Waals surface area contributed by atoms with Gasteiger partial charge in [-0.1, -0.05) is 0 Å². The number of carbonyl (C=O) groups excluding carboxylic acids is 2. The average Bonchev–Trinajstić information content (AvgIpc) is 2.74. The lowest BCUT2D eigenvalue weighted by molar-refractivity contribution is -0.139. The molecule has 0 aromatic carbocycles. The van der Waals surface area contributed by atoms with Crippen LogP contribution in [0.2, 0.25) is 0 Å². The standard InChI is InChI=1S/C11H19N3O2/c1-13-6-3-7-14(8-10(13)15)11(16)9-4-2-5-12-9/h9,12H,2-8H2,1H3/t9-/m1/s1. The second kappa shape index (κ2) is 4.82. The van der Waals surface area contributed by atoms with Crippen molar-refractivity contribution in [2.24, 2.45) is 0 Å². The van der Waals surface area contributed by atoms with E-state index in [1.165, 1.54) is 0 Å². The summed E-state index contributed by atoms with van der Waals surface area (Å²) in [6.45, 7) is 2.61. The van der Waals surface area contributed by atoms with Crippen molar-refractivity contribution in [3.63, 3.8) is 0 Å². The van der Waals surface area contributed by atoms with Crippen molar-refractivity contribution in [1.29, 1.82) is 0 Å². The Morgan fingerprint density at radius 3 is 2.88 bits per heavy atom. The van der Waals surface area contributed by atoms with E-state index >= 15 is 0 Å². The van der Waals surface area contributed by atoms with E-state index in [0.717, 1.165) is 32.4 Å². The van der Waals surface area contributed by atoms with Crippen LogP contribution in [0.25, 0.3) is 0 Å². The molecular formula is C11H19N3O2. The maximum atomic E-state index is 12.1. The molecule has 2 aliphatic heterocycles. The van der Waals surface area contributed by atoms with E-state index in [-0.39, 0.29) is 24.4 Å². The molecule has 2 rings (SSSR count). The molecule has 16 heavy (non-hydrogen) atoms. The van der Waals surface area contributed by atoms with Gasteiger partial charge in [0.05, 0.1) is 12.6 Å². The summed E-state index contributed by atoms with van der Waals surface area (Å²) >= 11 is 0. The molecule has 0 radical (unpaired) electrons. The van der Waals surface area contributed by atoms with Crippen molar-refractivity contribution < 1.29 is 9.59 Å². The SMILES string of the molecule is CN1CCCN(C(=O)[C@H]2CCCN2)CC1=O. The maximum absolute atomic E-state index is 12.1. The van der Waals surface area contributed by atoms with E-state index in [4.69, 9.17) is 0 Å². The number of nitrogens with one attached hydrogen (secondary N) is 1. The first kappa shape index (κ1) is 11.4. The van der Waals surface area contributed by atoms with Gasteiger partial charge in [-0.25, -0.2) is 0 Å². The molecule has 2 heterocycles. The van der Waals surface area contributed by atoms with Crippen LogP contribution < -0.4 is 5.32 Å². The Labute approximate surface area is 95.8 Å². The summed E-state index contributed by atoms with van der Waals surface area (Å²) in [6.07, 6.45) is 2.83. The van der Waals surface area contributed by atoms with Crippen molar-refractivity contribution in [2.45, 2.75) is 25.3 Å². The van der Waals surface area contributed by atoms with Gasteiger partial charge in [-0.2, -0.15) is 0 Å². The first-order valence-corrected chi connectivity index (χ1v) is 5.94. The highest BCUT2D eigenvalue weighted by Crippen LogP contribution is 2.11. The topological polar surface area (TPSA) is 52.6 Å². The van der Waals surface area contributed by atoms with Crippen LogP contribution in [0.3, 0.4) is 0 Å². The van der Waals surface area contributed by atoms with Gasteiger partial charge in [0.15, 0.2) is 0 Å². The van der Waals surface area contributed by atoms with Crippen LogP contribution in [0.4, 0.5) is 0 Å². The number of hydrogen-bond donors (Lipinski definition) is 1. The molecule has 0 aromatic heterocycles. The Morgan fingerprint density at radius 2 is 2.19 bits per heavy atom. The molecule has 0 spiro atoms. The number of hydrogen-bond acceptors (Lipinski definition) is 3.